The lowest BCUT2D eigenvalue weighted by atomic mass is 10.2. The monoisotopic (exact) mass is 196 g/mol. The summed E-state index contributed by atoms with van der Waals surface area (Å²) in [5.41, 5.74) is 2.56. The minimum atomic E-state index is 0.258. The molecule has 0 saturated carbocycles. The predicted molar refractivity (Wildman–Crippen MR) is 55.6 cm³/mol. The number of halogens is 1. The molecule has 70 valence electrons. The first-order valence-corrected chi connectivity index (χ1v) is 4.67. The van der Waals surface area contributed by atoms with Crippen molar-refractivity contribution in [1.29, 1.82) is 0 Å². The van der Waals surface area contributed by atoms with Crippen LogP contribution in [0.1, 0.15) is 18.7 Å². The maximum Gasteiger partial charge on any atom is 0.0570 e. The number of rotatable bonds is 4. The molecule has 0 spiro atoms. The van der Waals surface area contributed by atoms with Gasteiger partial charge < -0.3 is 5.32 Å². The summed E-state index contributed by atoms with van der Waals surface area (Å²) in [5.74, 6) is 0. The minimum absolute atomic E-state index is 0.258. The van der Waals surface area contributed by atoms with Crippen molar-refractivity contribution in [2.45, 2.75) is 13.0 Å². The van der Waals surface area contributed by atoms with Crippen LogP contribution in [0.3, 0.4) is 0 Å². The zero-order chi connectivity index (χ0) is 9.52. The van der Waals surface area contributed by atoms with Gasteiger partial charge in [-0.2, -0.15) is 0 Å². The Morgan fingerprint density at radius 2 is 2.46 bits per heavy atom. The van der Waals surface area contributed by atoms with Crippen molar-refractivity contribution in [1.82, 2.24) is 10.3 Å². The van der Waals surface area contributed by atoms with E-state index in [9.17, 15) is 0 Å². The van der Waals surface area contributed by atoms with Gasteiger partial charge in [0, 0.05) is 24.3 Å². The molecule has 1 unspecified atom stereocenters. The summed E-state index contributed by atoms with van der Waals surface area (Å²) in [6.45, 7) is 2.84. The second-order valence-corrected chi connectivity index (χ2v) is 3.00. The normalized spacial score (nSPS) is 13.4. The van der Waals surface area contributed by atoms with Gasteiger partial charge in [0.1, 0.15) is 0 Å². The SMILES string of the molecule is CC(NC/C=C/Cl)c1ccccn1. The fourth-order valence-electron chi connectivity index (χ4n) is 1.03. The van der Waals surface area contributed by atoms with E-state index in [1.54, 1.807) is 6.20 Å². The number of hydrogen-bond acceptors (Lipinski definition) is 2. The fraction of sp³-hybridized carbons (Fsp3) is 0.300. The Balaban J connectivity index is 2.44. The molecule has 0 bridgehead atoms. The fourth-order valence-corrected chi connectivity index (χ4v) is 1.12. The summed E-state index contributed by atoms with van der Waals surface area (Å²) >= 11 is 5.39. The van der Waals surface area contributed by atoms with Crippen LogP contribution in [0.15, 0.2) is 36.0 Å². The minimum Gasteiger partial charge on any atom is -0.305 e. The molecule has 0 aliphatic heterocycles. The van der Waals surface area contributed by atoms with Gasteiger partial charge >= 0.3 is 0 Å². The summed E-state index contributed by atoms with van der Waals surface area (Å²) < 4.78 is 0. The van der Waals surface area contributed by atoms with E-state index in [1.807, 2.05) is 24.3 Å². The largest absolute Gasteiger partial charge is 0.305 e. The van der Waals surface area contributed by atoms with E-state index in [2.05, 4.69) is 17.2 Å². The molecule has 2 nitrogen and oxygen atoms in total. The second kappa shape index (κ2) is 5.73. The number of pyridine rings is 1. The number of hydrogen-bond donors (Lipinski definition) is 1. The summed E-state index contributed by atoms with van der Waals surface area (Å²) in [5, 5.41) is 3.27. The highest BCUT2D eigenvalue weighted by atomic mass is 35.5. The van der Waals surface area contributed by atoms with Crippen LogP contribution < -0.4 is 5.32 Å². The van der Waals surface area contributed by atoms with Gasteiger partial charge in [-0.15, -0.1) is 0 Å². The quantitative estimate of drug-likeness (QED) is 0.801. The molecule has 0 fully saturated rings. The van der Waals surface area contributed by atoms with Crippen molar-refractivity contribution in [3.63, 3.8) is 0 Å². The van der Waals surface area contributed by atoms with E-state index in [-0.39, 0.29) is 6.04 Å². The summed E-state index contributed by atoms with van der Waals surface area (Å²) in [6, 6.07) is 6.16. The molecule has 13 heavy (non-hydrogen) atoms. The third-order valence-electron chi connectivity index (χ3n) is 1.76. The highest BCUT2D eigenvalue weighted by molar-refractivity contribution is 6.25. The Morgan fingerprint density at radius 1 is 1.62 bits per heavy atom. The highest BCUT2D eigenvalue weighted by Gasteiger charge is 2.02. The van der Waals surface area contributed by atoms with Gasteiger partial charge in [0.2, 0.25) is 0 Å². The molecule has 0 aliphatic carbocycles. The zero-order valence-corrected chi connectivity index (χ0v) is 8.33. The lowest BCUT2D eigenvalue weighted by Gasteiger charge is -2.10. The zero-order valence-electron chi connectivity index (χ0n) is 7.57. The maximum atomic E-state index is 5.39. The van der Waals surface area contributed by atoms with E-state index in [1.165, 1.54) is 5.54 Å². The molecule has 0 aromatic carbocycles. The van der Waals surface area contributed by atoms with Crippen molar-refractivity contribution in [2.24, 2.45) is 0 Å². The van der Waals surface area contributed by atoms with Crippen LogP contribution in [0.4, 0.5) is 0 Å². The Bertz CT molecular complexity index is 259. The van der Waals surface area contributed by atoms with Crippen molar-refractivity contribution in [3.8, 4) is 0 Å². The molecular formula is C10H13ClN2. The average Bonchev–Trinajstić information content (AvgIpc) is 2.19. The molecule has 1 N–H and O–H groups in total. The first kappa shape index (κ1) is 10.2. The first-order chi connectivity index (χ1) is 6.34. The molecular weight excluding hydrogens is 184 g/mol. The summed E-state index contributed by atoms with van der Waals surface area (Å²) in [7, 11) is 0. The lowest BCUT2D eigenvalue weighted by Crippen LogP contribution is -2.19. The third-order valence-corrected chi connectivity index (χ3v) is 1.94. The number of aromatic nitrogens is 1. The average molecular weight is 197 g/mol. The maximum absolute atomic E-state index is 5.39. The Morgan fingerprint density at radius 3 is 3.08 bits per heavy atom. The molecule has 0 saturated heterocycles. The molecule has 1 rings (SSSR count). The van der Waals surface area contributed by atoms with Crippen LogP contribution in [0.5, 0.6) is 0 Å². The third kappa shape index (κ3) is 3.57. The standard InChI is InChI=1S/C10H13ClN2/c1-9(12-8-4-6-11)10-5-2-3-7-13-10/h2-7,9,12H,8H2,1H3/b6-4+. The Hall–Kier alpha value is -0.860. The Labute approximate surface area is 83.6 Å². The van der Waals surface area contributed by atoms with Crippen molar-refractivity contribution in [3.05, 3.63) is 41.7 Å². The van der Waals surface area contributed by atoms with Gasteiger partial charge in [0.05, 0.1) is 5.69 Å². The highest BCUT2D eigenvalue weighted by Crippen LogP contribution is 2.06. The van der Waals surface area contributed by atoms with Crippen LogP contribution in [0.25, 0.3) is 0 Å². The van der Waals surface area contributed by atoms with E-state index in [4.69, 9.17) is 11.6 Å². The topological polar surface area (TPSA) is 24.9 Å². The van der Waals surface area contributed by atoms with Gasteiger partial charge in [-0.25, -0.2) is 0 Å². The van der Waals surface area contributed by atoms with E-state index in [0.29, 0.717) is 0 Å². The Kier molecular flexibility index (Phi) is 4.50. The van der Waals surface area contributed by atoms with E-state index in [0.717, 1.165) is 12.2 Å². The van der Waals surface area contributed by atoms with Crippen LogP contribution >= 0.6 is 11.6 Å². The lowest BCUT2D eigenvalue weighted by molar-refractivity contribution is 0.601. The van der Waals surface area contributed by atoms with Crippen LogP contribution in [-0.4, -0.2) is 11.5 Å². The second-order valence-electron chi connectivity index (χ2n) is 2.75. The van der Waals surface area contributed by atoms with Gasteiger partial charge in [0.15, 0.2) is 0 Å². The van der Waals surface area contributed by atoms with Gasteiger partial charge in [-0.1, -0.05) is 23.7 Å². The molecule has 1 atom stereocenters. The number of nitrogens with zero attached hydrogens (tertiary/aromatic N) is 1. The van der Waals surface area contributed by atoms with Crippen molar-refractivity contribution >= 4 is 11.6 Å². The van der Waals surface area contributed by atoms with Crippen LogP contribution in [0.2, 0.25) is 0 Å². The van der Waals surface area contributed by atoms with E-state index < -0.39 is 0 Å². The molecule has 1 aromatic heterocycles. The summed E-state index contributed by atoms with van der Waals surface area (Å²) in [6.07, 6.45) is 3.66. The van der Waals surface area contributed by atoms with Gasteiger partial charge in [0.25, 0.3) is 0 Å². The predicted octanol–water partition coefficient (Wildman–Crippen LogP) is 2.48. The molecule has 0 aliphatic rings. The van der Waals surface area contributed by atoms with E-state index >= 15 is 0 Å². The van der Waals surface area contributed by atoms with Crippen LogP contribution in [0, 0.1) is 0 Å². The number of nitrogens with one attached hydrogen (secondary N) is 1. The molecule has 1 aromatic rings. The van der Waals surface area contributed by atoms with Crippen molar-refractivity contribution in [2.75, 3.05) is 6.54 Å². The van der Waals surface area contributed by atoms with Gasteiger partial charge in [-0.3, -0.25) is 4.98 Å². The van der Waals surface area contributed by atoms with Crippen LogP contribution in [-0.2, 0) is 0 Å². The van der Waals surface area contributed by atoms with Crippen molar-refractivity contribution < 1.29 is 0 Å². The molecule has 1 heterocycles. The molecule has 0 amide bonds. The molecule has 0 radical (unpaired) electrons. The first-order valence-electron chi connectivity index (χ1n) is 4.24. The summed E-state index contributed by atoms with van der Waals surface area (Å²) in [4.78, 5) is 4.24. The molecule has 3 heteroatoms. The van der Waals surface area contributed by atoms with Gasteiger partial charge in [-0.05, 0) is 19.1 Å². The smallest absolute Gasteiger partial charge is 0.0570 e.